The van der Waals surface area contributed by atoms with Gasteiger partial charge in [0, 0.05) is 22.4 Å². The molecule has 2 aromatic carbocycles. The van der Waals surface area contributed by atoms with E-state index in [2.05, 4.69) is 88.7 Å². The third-order valence-corrected chi connectivity index (χ3v) is 9.37. The number of hydrogen-bond acceptors (Lipinski definition) is 5. The summed E-state index contributed by atoms with van der Waals surface area (Å²) in [6, 6.07) is 17.6. The Bertz CT molecular complexity index is 1260. The van der Waals surface area contributed by atoms with E-state index in [-0.39, 0.29) is 5.41 Å². The molecule has 0 amide bonds. The number of ether oxygens (including phenoxy) is 1. The van der Waals surface area contributed by atoms with Gasteiger partial charge in [-0.05, 0) is 90.6 Å². The van der Waals surface area contributed by atoms with Crippen LogP contribution in [0.2, 0.25) is 0 Å². The Morgan fingerprint density at radius 3 is 2.38 bits per heavy atom. The summed E-state index contributed by atoms with van der Waals surface area (Å²) >= 11 is 1.59. The van der Waals surface area contributed by atoms with Gasteiger partial charge in [0.2, 0.25) is 11.8 Å². The lowest BCUT2D eigenvalue weighted by Crippen LogP contribution is -2.28. The summed E-state index contributed by atoms with van der Waals surface area (Å²) in [6.45, 7) is 14.4. The Morgan fingerprint density at radius 2 is 1.67 bits per heavy atom. The molecule has 1 aromatic heterocycles. The topological polar surface area (TPSA) is 47.0 Å². The largest absolute Gasteiger partial charge is 0.477 e. The van der Waals surface area contributed by atoms with Gasteiger partial charge in [-0.2, -0.15) is 4.98 Å². The van der Waals surface area contributed by atoms with Crippen LogP contribution in [0.25, 0.3) is 11.3 Å². The zero-order chi connectivity index (χ0) is 27.6. The van der Waals surface area contributed by atoms with Crippen LogP contribution in [-0.2, 0) is 0 Å². The second-order valence-corrected chi connectivity index (χ2v) is 14.1. The number of nitrogens with zero attached hydrogens (tertiary/aromatic N) is 2. The molecule has 1 aliphatic heterocycles. The Labute approximate surface area is 239 Å². The lowest BCUT2D eigenvalue weighted by atomic mass is 9.70. The zero-order valence-electron chi connectivity index (χ0n) is 24.6. The number of aryl methyl sites for hydroxylation is 2. The highest BCUT2D eigenvalue weighted by Crippen LogP contribution is 2.43. The van der Waals surface area contributed by atoms with Gasteiger partial charge < -0.3 is 4.74 Å². The minimum Gasteiger partial charge on any atom is -0.477 e. The van der Waals surface area contributed by atoms with E-state index in [0.717, 1.165) is 29.5 Å². The first-order chi connectivity index (χ1) is 18.6. The molecule has 1 fully saturated rings. The predicted molar refractivity (Wildman–Crippen MR) is 164 cm³/mol. The molecule has 5 rings (SSSR count). The van der Waals surface area contributed by atoms with Gasteiger partial charge in [-0.3, -0.25) is 4.72 Å². The van der Waals surface area contributed by atoms with E-state index in [0.29, 0.717) is 30.3 Å². The first kappa shape index (κ1) is 28.0. The molecule has 4 nitrogen and oxygen atoms in total. The molecule has 208 valence electrons. The number of hydrogen-bond donors (Lipinski definition) is 1. The second-order valence-electron chi connectivity index (χ2n) is 13.3. The third-order valence-electron chi connectivity index (χ3n) is 8.60. The Kier molecular flexibility index (Phi) is 8.56. The van der Waals surface area contributed by atoms with Crippen molar-refractivity contribution in [2.24, 2.45) is 23.2 Å². The van der Waals surface area contributed by atoms with Gasteiger partial charge in [0.05, 0.1) is 12.3 Å². The van der Waals surface area contributed by atoms with Crippen LogP contribution in [0.3, 0.4) is 0 Å². The van der Waals surface area contributed by atoms with E-state index in [1.807, 2.05) is 6.07 Å². The minimum atomic E-state index is 0.207. The van der Waals surface area contributed by atoms with Gasteiger partial charge in [-0.25, -0.2) is 4.98 Å². The maximum Gasteiger partial charge on any atom is 0.237 e. The number of aromatic nitrogens is 2. The highest BCUT2D eigenvalue weighted by molar-refractivity contribution is 8.00. The molecule has 3 aromatic rings. The minimum absolute atomic E-state index is 0.207. The summed E-state index contributed by atoms with van der Waals surface area (Å²) < 4.78 is 10.1. The average Bonchev–Trinajstić information content (AvgIpc) is 2.89. The maximum absolute atomic E-state index is 6.63. The monoisotopic (exact) mass is 543 g/mol. The van der Waals surface area contributed by atoms with Gasteiger partial charge in [-0.1, -0.05) is 83.7 Å². The van der Waals surface area contributed by atoms with Crippen molar-refractivity contribution in [3.63, 3.8) is 0 Å². The number of anilines is 1. The zero-order valence-corrected chi connectivity index (χ0v) is 25.4. The molecule has 1 saturated carbocycles. The van der Waals surface area contributed by atoms with Crippen molar-refractivity contribution in [2.75, 3.05) is 11.3 Å². The summed E-state index contributed by atoms with van der Waals surface area (Å²) in [7, 11) is 0. The summed E-state index contributed by atoms with van der Waals surface area (Å²) in [5.74, 6) is 3.76. The van der Waals surface area contributed by atoms with Crippen molar-refractivity contribution in [3.8, 4) is 17.1 Å². The second kappa shape index (κ2) is 11.9. The molecular weight excluding hydrogens is 498 g/mol. The molecule has 4 bridgehead atoms. The standard InChI is InChI=1S/C34H45N3OS/c1-22-13-15-25(16-14-22)17-29-26-11-8-12-28(18-26)39-37-33-35-30(32-23(2)9-7-10-24(32)3)19-31(36-33)38-21-27(29)20-34(4,5)6/h7-12,18-19,22,25,27,29H,13-17,20-21H2,1-6H3,(H,35,36,37). The fraction of sp³-hybridized carbons (Fsp3) is 0.529. The molecule has 2 atom stereocenters. The normalized spacial score (nSPS) is 23.6. The lowest BCUT2D eigenvalue weighted by molar-refractivity contribution is 0.147. The summed E-state index contributed by atoms with van der Waals surface area (Å²) in [4.78, 5) is 10.9. The molecule has 0 saturated heterocycles. The Morgan fingerprint density at radius 1 is 0.949 bits per heavy atom. The molecule has 1 aliphatic carbocycles. The summed E-state index contributed by atoms with van der Waals surface area (Å²) in [6.07, 6.45) is 7.78. The smallest absolute Gasteiger partial charge is 0.237 e. The first-order valence-electron chi connectivity index (χ1n) is 14.8. The van der Waals surface area contributed by atoms with E-state index in [1.54, 1.807) is 11.9 Å². The van der Waals surface area contributed by atoms with E-state index in [4.69, 9.17) is 14.7 Å². The van der Waals surface area contributed by atoms with Gasteiger partial charge in [-0.15, -0.1) is 0 Å². The predicted octanol–water partition coefficient (Wildman–Crippen LogP) is 9.62. The number of benzene rings is 2. The first-order valence-corrected chi connectivity index (χ1v) is 15.6. The van der Waals surface area contributed by atoms with Crippen molar-refractivity contribution in [1.82, 2.24) is 9.97 Å². The summed E-state index contributed by atoms with van der Waals surface area (Å²) in [5.41, 5.74) is 6.13. The number of fused-ring (bicyclic) bond motifs is 4. The highest BCUT2D eigenvalue weighted by atomic mass is 32.2. The van der Waals surface area contributed by atoms with Crippen LogP contribution in [0.5, 0.6) is 5.88 Å². The Hall–Kier alpha value is -2.53. The van der Waals surface area contributed by atoms with E-state index in [1.165, 1.54) is 53.7 Å². The summed E-state index contributed by atoms with van der Waals surface area (Å²) in [5, 5.41) is 0. The molecule has 39 heavy (non-hydrogen) atoms. The Balaban J connectivity index is 1.53. The number of nitrogens with one attached hydrogen (secondary N) is 1. The maximum atomic E-state index is 6.63. The molecule has 2 heterocycles. The fourth-order valence-electron chi connectivity index (χ4n) is 6.63. The molecule has 5 heteroatoms. The van der Waals surface area contributed by atoms with Gasteiger partial charge in [0.1, 0.15) is 0 Å². The van der Waals surface area contributed by atoms with Gasteiger partial charge >= 0.3 is 0 Å². The van der Waals surface area contributed by atoms with E-state index >= 15 is 0 Å². The van der Waals surface area contributed by atoms with Crippen molar-refractivity contribution < 1.29 is 4.74 Å². The van der Waals surface area contributed by atoms with Crippen LogP contribution in [0.1, 0.15) is 88.8 Å². The molecule has 1 N–H and O–H groups in total. The van der Waals surface area contributed by atoms with Crippen molar-refractivity contribution >= 4 is 17.9 Å². The number of rotatable bonds is 4. The molecule has 2 aliphatic rings. The van der Waals surface area contributed by atoms with Crippen LogP contribution < -0.4 is 9.46 Å². The van der Waals surface area contributed by atoms with Gasteiger partial charge in [0.15, 0.2) is 0 Å². The molecular formula is C34H45N3OS. The van der Waals surface area contributed by atoms with E-state index < -0.39 is 0 Å². The molecule has 0 radical (unpaired) electrons. The van der Waals surface area contributed by atoms with Crippen LogP contribution in [0, 0.1) is 37.0 Å². The van der Waals surface area contributed by atoms with Gasteiger partial charge in [0.25, 0.3) is 0 Å². The van der Waals surface area contributed by atoms with Crippen molar-refractivity contribution in [1.29, 1.82) is 0 Å². The quantitative estimate of drug-likeness (QED) is 0.332. The van der Waals surface area contributed by atoms with Crippen LogP contribution in [0.4, 0.5) is 5.95 Å². The SMILES string of the molecule is Cc1cccc(C)c1-c1cc2nc(n1)NSc1cccc(c1)C(CC1CCC(C)CC1)C(CC(C)(C)C)CO2. The van der Waals surface area contributed by atoms with Crippen molar-refractivity contribution in [2.45, 2.75) is 90.9 Å². The van der Waals surface area contributed by atoms with Crippen LogP contribution >= 0.6 is 11.9 Å². The fourth-order valence-corrected chi connectivity index (χ4v) is 7.27. The van der Waals surface area contributed by atoms with E-state index in [9.17, 15) is 0 Å². The third kappa shape index (κ3) is 7.16. The highest BCUT2D eigenvalue weighted by Gasteiger charge is 2.32. The van der Waals surface area contributed by atoms with Crippen LogP contribution in [0.15, 0.2) is 53.4 Å². The van der Waals surface area contributed by atoms with Crippen molar-refractivity contribution in [3.05, 3.63) is 65.2 Å². The average molecular weight is 544 g/mol. The van der Waals surface area contributed by atoms with Crippen LogP contribution in [-0.4, -0.2) is 16.6 Å². The molecule has 2 unspecified atom stereocenters. The molecule has 0 spiro atoms. The lowest BCUT2D eigenvalue weighted by Gasteiger charge is -2.36.